The van der Waals surface area contributed by atoms with Crippen molar-refractivity contribution < 1.29 is 44.2 Å². The zero-order valence-electron chi connectivity index (χ0n) is 29.3. The first kappa shape index (κ1) is 36.7. The van der Waals surface area contributed by atoms with E-state index in [0.717, 1.165) is 57.8 Å². The lowest BCUT2D eigenvalue weighted by Gasteiger charge is -2.59. The molecule has 0 aromatic rings. The molecule has 0 radical (unpaired) electrons. The Bertz CT molecular complexity index is 1130. The SMILES string of the molecule is CC(=O)N[C@H]1[C@H](OC2C[C@H]([C@H](C)CCC[C@@H](C)COC(C)=O)[C@@]3(C)CCC4C(C=CC5CC(O)CC[C@@]54C)C23)O[C@@H](CO)[C@@H](O)[C@@H]1O. The molecule has 5 rings (SSSR count). The Morgan fingerprint density at radius 3 is 2.40 bits per heavy atom. The molecule has 47 heavy (non-hydrogen) atoms. The zero-order chi connectivity index (χ0) is 34.3. The third kappa shape index (κ3) is 7.34. The zero-order valence-corrected chi connectivity index (χ0v) is 29.3. The second-order valence-corrected chi connectivity index (χ2v) is 16.4. The van der Waals surface area contributed by atoms with Crippen LogP contribution in [0.2, 0.25) is 0 Å². The molecule has 268 valence electrons. The minimum Gasteiger partial charge on any atom is -0.466 e. The second kappa shape index (κ2) is 14.7. The summed E-state index contributed by atoms with van der Waals surface area (Å²) in [6.45, 7) is 12.1. The topological polar surface area (TPSA) is 155 Å². The maximum atomic E-state index is 12.2. The summed E-state index contributed by atoms with van der Waals surface area (Å²) in [7, 11) is 0. The first-order valence-corrected chi connectivity index (χ1v) is 18.2. The van der Waals surface area contributed by atoms with Gasteiger partial charge in [-0.25, -0.2) is 0 Å². The fourth-order valence-corrected chi connectivity index (χ4v) is 10.8. The van der Waals surface area contributed by atoms with Gasteiger partial charge in [-0.3, -0.25) is 9.59 Å². The summed E-state index contributed by atoms with van der Waals surface area (Å²) in [4.78, 5) is 23.5. The summed E-state index contributed by atoms with van der Waals surface area (Å²) < 4.78 is 18.3. The molecule has 0 aromatic carbocycles. The first-order chi connectivity index (χ1) is 22.2. The van der Waals surface area contributed by atoms with Gasteiger partial charge in [-0.2, -0.15) is 0 Å². The quantitative estimate of drug-likeness (QED) is 0.164. The highest BCUT2D eigenvalue weighted by Gasteiger charge is 2.63. The molecule has 4 aliphatic carbocycles. The Balaban J connectivity index is 1.42. The molecule has 10 heteroatoms. The highest BCUT2D eigenvalue weighted by atomic mass is 16.7. The molecule has 0 aromatic heterocycles. The number of esters is 1. The van der Waals surface area contributed by atoms with Gasteiger partial charge in [-0.15, -0.1) is 0 Å². The van der Waals surface area contributed by atoms with E-state index in [1.807, 2.05) is 0 Å². The van der Waals surface area contributed by atoms with Gasteiger partial charge >= 0.3 is 5.97 Å². The minimum atomic E-state index is -1.36. The number of carbonyl (C=O) groups is 2. The Morgan fingerprint density at radius 1 is 1.00 bits per heavy atom. The number of fused-ring (bicyclic) bond motifs is 5. The van der Waals surface area contributed by atoms with Gasteiger partial charge in [0.2, 0.25) is 5.91 Å². The van der Waals surface area contributed by atoms with Crippen molar-refractivity contribution in [3.05, 3.63) is 12.2 Å². The summed E-state index contributed by atoms with van der Waals surface area (Å²) in [5, 5.41) is 44.9. The van der Waals surface area contributed by atoms with E-state index in [1.165, 1.54) is 13.8 Å². The number of nitrogens with one attached hydrogen (secondary N) is 1. The second-order valence-electron chi connectivity index (χ2n) is 16.4. The molecule has 16 atom stereocenters. The van der Waals surface area contributed by atoms with Gasteiger partial charge in [-0.05, 0) is 97.2 Å². The van der Waals surface area contributed by atoms with E-state index in [4.69, 9.17) is 14.2 Å². The molecule has 0 bridgehead atoms. The maximum Gasteiger partial charge on any atom is 0.302 e. The van der Waals surface area contributed by atoms with Crippen LogP contribution in [0.25, 0.3) is 0 Å². The Hall–Kier alpha value is -1.56. The maximum absolute atomic E-state index is 12.2. The predicted octanol–water partition coefficient (Wildman–Crippen LogP) is 3.73. The third-order valence-corrected chi connectivity index (χ3v) is 13.3. The van der Waals surface area contributed by atoms with Crippen molar-refractivity contribution in [2.24, 2.45) is 52.3 Å². The number of aliphatic hydroxyl groups is 4. The molecule has 1 saturated heterocycles. The first-order valence-electron chi connectivity index (χ1n) is 18.2. The average molecular weight is 664 g/mol. The van der Waals surface area contributed by atoms with Gasteiger partial charge in [0.15, 0.2) is 6.29 Å². The number of rotatable bonds is 11. The number of carbonyl (C=O) groups excluding carboxylic acids is 2. The van der Waals surface area contributed by atoms with Crippen LogP contribution in [-0.2, 0) is 23.8 Å². The predicted molar refractivity (Wildman–Crippen MR) is 176 cm³/mol. The molecule has 1 amide bonds. The molecular weight excluding hydrogens is 602 g/mol. The van der Waals surface area contributed by atoms with Gasteiger partial charge < -0.3 is 40.0 Å². The smallest absolute Gasteiger partial charge is 0.302 e. The number of hydrogen-bond acceptors (Lipinski definition) is 9. The van der Waals surface area contributed by atoms with Crippen molar-refractivity contribution in [1.29, 1.82) is 0 Å². The fraction of sp³-hybridized carbons (Fsp3) is 0.892. The number of ether oxygens (including phenoxy) is 3. The lowest BCUT2D eigenvalue weighted by atomic mass is 9.46. The lowest BCUT2D eigenvalue weighted by Crippen LogP contribution is -2.65. The molecule has 6 unspecified atom stereocenters. The van der Waals surface area contributed by atoms with Gasteiger partial charge in [-0.1, -0.05) is 52.7 Å². The van der Waals surface area contributed by atoms with Crippen LogP contribution in [0.1, 0.15) is 99.3 Å². The number of hydrogen-bond donors (Lipinski definition) is 5. The Morgan fingerprint density at radius 2 is 1.72 bits per heavy atom. The third-order valence-electron chi connectivity index (χ3n) is 13.3. The van der Waals surface area contributed by atoms with Gasteiger partial charge in [0, 0.05) is 13.8 Å². The van der Waals surface area contributed by atoms with Crippen LogP contribution in [0.5, 0.6) is 0 Å². The normalized spacial score (nSPS) is 45.7. The number of allylic oxidation sites excluding steroid dienone is 2. The van der Waals surface area contributed by atoms with Crippen molar-refractivity contribution >= 4 is 11.9 Å². The summed E-state index contributed by atoms with van der Waals surface area (Å²) in [6.07, 6.45) is 8.30. The van der Waals surface area contributed by atoms with Crippen molar-refractivity contribution in [3.63, 3.8) is 0 Å². The van der Waals surface area contributed by atoms with E-state index in [0.29, 0.717) is 36.2 Å². The molecule has 3 saturated carbocycles. The van der Waals surface area contributed by atoms with Crippen LogP contribution in [0.3, 0.4) is 0 Å². The number of amides is 1. The summed E-state index contributed by atoms with van der Waals surface area (Å²) in [5.74, 6) is 1.77. The molecular formula is C37H61NO9. The van der Waals surface area contributed by atoms with Gasteiger partial charge in [0.25, 0.3) is 0 Å². The van der Waals surface area contributed by atoms with E-state index < -0.39 is 37.3 Å². The molecule has 5 N–H and O–H groups in total. The summed E-state index contributed by atoms with van der Waals surface area (Å²) in [5.41, 5.74) is 0.0949. The monoisotopic (exact) mass is 663 g/mol. The van der Waals surface area contributed by atoms with Crippen molar-refractivity contribution in [3.8, 4) is 0 Å². The van der Waals surface area contributed by atoms with Gasteiger partial charge in [0.05, 0.1) is 25.4 Å². The fourth-order valence-electron chi connectivity index (χ4n) is 10.8. The van der Waals surface area contributed by atoms with Crippen LogP contribution in [0.4, 0.5) is 0 Å². The standard InChI is InChI=1S/C37H61NO9/c1-20(19-45-23(4)41)8-7-9-21(2)28-17-29(46-35-32(38-22(3)40)34(44)33(43)30(18-39)47-35)31-26-11-10-24-16-25(42)12-14-36(24,5)27(26)13-15-37(28,31)6/h10-11,20-21,24-35,39,42-44H,7-9,12-19H2,1-6H3,(H,38,40)/t20-,21-,24?,25?,26?,27?,28-,29?,30+,31?,32-,33-,34-,35-,36+,37-/m1/s1. The van der Waals surface area contributed by atoms with Gasteiger partial charge in [0.1, 0.15) is 24.4 Å². The van der Waals surface area contributed by atoms with Crippen LogP contribution in [-0.4, -0.2) is 88.4 Å². The van der Waals surface area contributed by atoms with E-state index in [-0.39, 0.29) is 46.8 Å². The van der Waals surface area contributed by atoms with Crippen LogP contribution in [0.15, 0.2) is 12.2 Å². The number of aliphatic hydroxyl groups excluding tert-OH is 4. The van der Waals surface area contributed by atoms with E-state index >= 15 is 0 Å². The Kier molecular flexibility index (Phi) is 11.5. The highest BCUT2D eigenvalue weighted by molar-refractivity contribution is 5.73. The lowest BCUT2D eigenvalue weighted by molar-refractivity contribution is -0.288. The van der Waals surface area contributed by atoms with E-state index in [2.05, 4.69) is 45.2 Å². The van der Waals surface area contributed by atoms with Crippen LogP contribution < -0.4 is 5.32 Å². The summed E-state index contributed by atoms with van der Waals surface area (Å²) in [6, 6.07) is -0.977. The average Bonchev–Trinajstić information content (AvgIpc) is 3.31. The molecule has 1 heterocycles. The molecule has 0 spiro atoms. The van der Waals surface area contributed by atoms with Crippen LogP contribution in [0, 0.1) is 52.3 Å². The summed E-state index contributed by atoms with van der Waals surface area (Å²) >= 11 is 0. The van der Waals surface area contributed by atoms with Crippen LogP contribution >= 0.6 is 0 Å². The highest BCUT2D eigenvalue weighted by Crippen LogP contribution is 2.67. The van der Waals surface area contributed by atoms with Crippen molar-refractivity contribution in [2.75, 3.05) is 13.2 Å². The van der Waals surface area contributed by atoms with E-state index in [9.17, 15) is 30.0 Å². The molecule has 5 aliphatic rings. The van der Waals surface area contributed by atoms with Crippen molar-refractivity contribution in [1.82, 2.24) is 5.32 Å². The van der Waals surface area contributed by atoms with Crippen molar-refractivity contribution in [2.45, 2.75) is 142 Å². The largest absolute Gasteiger partial charge is 0.466 e. The molecule has 4 fully saturated rings. The minimum absolute atomic E-state index is 0.0109. The molecule has 1 aliphatic heterocycles. The molecule has 10 nitrogen and oxygen atoms in total. The Labute approximate surface area is 281 Å². The van der Waals surface area contributed by atoms with E-state index in [1.54, 1.807) is 0 Å².